The van der Waals surface area contributed by atoms with E-state index in [2.05, 4.69) is 17.3 Å². The van der Waals surface area contributed by atoms with Crippen LogP contribution in [-0.2, 0) is 0 Å². The van der Waals surface area contributed by atoms with Crippen molar-refractivity contribution < 1.29 is 9.59 Å². The fourth-order valence-electron chi connectivity index (χ4n) is 2.95. The Morgan fingerprint density at radius 3 is 2.40 bits per heavy atom. The molecule has 0 spiro atoms. The van der Waals surface area contributed by atoms with E-state index in [0.29, 0.717) is 16.8 Å². The van der Waals surface area contributed by atoms with Crippen molar-refractivity contribution in [1.29, 1.82) is 0 Å². The van der Waals surface area contributed by atoms with Gasteiger partial charge in [-0.25, -0.2) is 0 Å². The molecule has 0 atom stereocenters. The number of hydrogen-bond donors (Lipinski definition) is 1. The number of nitrogens with one attached hydrogen (secondary N) is 1. The second-order valence-electron chi connectivity index (χ2n) is 6.45. The van der Waals surface area contributed by atoms with Gasteiger partial charge in [-0.15, -0.1) is 0 Å². The molecule has 0 saturated carbocycles. The molecule has 0 bridgehead atoms. The summed E-state index contributed by atoms with van der Waals surface area (Å²) < 4.78 is 0. The van der Waals surface area contributed by atoms with Crippen LogP contribution in [0.25, 0.3) is 0 Å². The lowest BCUT2D eigenvalue weighted by atomic mass is 10.1. The third-order valence-electron chi connectivity index (χ3n) is 4.55. The first kappa shape index (κ1) is 17.2. The number of nitrogens with zero attached hydrogens (tertiary/aromatic N) is 2. The molecule has 130 valence electrons. The fraction of sp³-hybridized carbons (Fsp3) is 0.300. The predicted molar refractivity (Wildman–Crippen MR) is 99.0 cm³/mol. The summed E-state index contributed by atoms with van der Waals surface area (Å²) in [6, 6.07) is 14.6. The smallest absolute Gasteiger partial charge is 0.255 e. The van der Waals surface area contributed by atoms with E-state index in [1.807, 2.05) is 30.0 Å². The number of rotatable bonds is 3. The lowest BCUT2D eigenvalue weighted by molar-refractivity contribution is 0.0664. The van der Waals surface area contributed by atoms with E-state index < -0.39 is 0 Å². The van der Waals surface area contributed by atoms with E-state index in [9.17, 15) is 9.59 Å². The molecule has 1 N–H and O–H groups in total. The summed E-state index contributed by atoms with van der Waals surface area (Å²) in [5.41, 5.74) is 2.79. The first-order valence-corrected chi connectivity index (χ1v) is 8.49. The lowest BCUT2D eigenvalue weighted by Crippen LogP contribution is -2.47. The van der Waals surface area contributed by atoms with E-state index in [4.69, 9.17) is 0 Å². The number of amides is 2. The average molecular weight is 337 g/mol. The minimum Gasteiger partial charge on any atom is -0.336 e. The van der Waals surface area contributed by atoms with Gasteiger partial charge in [0.2, 0.25) is 0 Å². The Morgan fingerprint density at radius 1 is 0.960 bits per heavy atom. The van der Waals surface area contributed by atoms with Crippen molar-refractivity contribution in [1.82, 2.24) is 9.80 Å². The highest BCUT2D eigenvalue weighted by Gasteiger charge is 2.20. The molecule has 5 heteroatoms. The quantitative estimate of drug-likeness (QED) is 0.937. The molecular weight excluding hydrogens is 314 g/mol. The van der Waals surface area contributed by atoms with Crippen LogP contribution in [0, 0.1) is 6.92 Å². The summed E-state index contributed by atoms with van der Waals surface area (Å²) in [4.78, 5) is 29.2. The number of piperazine rings is 1. The summed E-state index contributed by atoms with van der Waals surface area (Å²) in [6.07, 6.45) is 0. The maximum Gasteiger partial charge on any atom is 0.255 e. The van der Waals surface area contributed by atoms with Crippen LogP contribution < -0.4 is 5.32 Å². The number of aryl methyl sites for hydroxylation is 1. The number of hydrogen-bond acceptors (Lipinski definition) is 3. The van der Waals surface area contributed by atoms with Gasteiger partial charge < -0.3 is 15.1 Å². The van der Waals surface area contributed by atoms with Crippen molar-refractivity contribution in [2.45, 2.75) is 6.92 Å². The van der Waals surface area contributed by atoms with Crippen molar-refractivity contribution in [3.05, 3.63) is 65.2 Å². The first-order valence-electron chi connectivity index (χ1n) is 8.49. The molecule has 1 fully saturated rings. The van der Waals surface area contributed by atoms with Crippen LogP contribution in [0.2, 0.25) is 0 Å². The average Bonchev–Trinajstić information content (AvgIpc) is 2.62. The van der Waals surface area contributed by atoms with Gasteiger partial charge in [0.25, 0.3) is 11.8 Å². The van der Waals surface area contributed by atoms with Crippen LogP contribution in [0.1, 0.15) is 26.3 Å². The highest BCUT2D eigenvalue weighted by Crippen LogP contribution is 2.16. The van der Waals surface area contributed by atoms with Gasteiger partial charge in [-0.2, -0.15) is 0 Å². The summed E-state index contributed by atoms with van der Waals surface area (Å²) in [7, 11) is 2.06. The standard InChI is InChI=1S/C20H23N3O2/c1-15-6-3-4-9-18(15)19(24)21-17-8-5-7-16(14-17)20(25)23-12-10-22(2)11-13-23/h3-9,14H,10-13H2,1-2H3,(H,21,24). The molecule has 25 heavy (non-hydrogen) atoms. The largest absolute Gasteiger partial charge is 0.336 e. The zero-order valence-electron chi connectivity index (χ0n) is 14.7. The molecule has 0 aromatic heterocycles. The molecule has 1 aliphatic rings. The maximum atomic E-state index is 12.7. The van der Waals surface area contributed by atoms with Crippen molar-refractivity contribution in [3.63, 3.8) is 0 Å². The summed E-state index contributed by atoms with van der Waals surface area (Å²) in [5.74, 6) is -0.151. The van der Waals surface area contributed by atoms with Crippen molar-refractivity contribution in [2.24, 2.45) is 0 Å². The molecule has 0 aliphatic carbocycles. The monoisotopic (exact) mass is 337 g/mol. The Balaban J connectivity index is 1.72. The van der Waals surface area contributed by atoms with E-state index >= 15 is 0 Å². The number of benzene rings is 2. The van der Waals surface area contributed by atoms with Crippen molar-refractivity contribution in [2.75, 3.05) is 38.5 Å². The Labute approximate surface area is 148 Å². The molecule has 5 nitrogen and oxygen atoms in total. The Bertz CT molecular complexity index is 780. The fourth-order valence-corrected chi connectivity index (χ4v) is 2.95. The number of carbonyl (C=O) groups excluding carboxylic acids is 2. The number of likely N-dealkylation sites (N-methyl/N-ethyl adjacent to an activating group) is 1. The highest BCUT2D eigenvalue weighted by molar-refractivity contribution is 6.06. The minimum atomic E-state index is -0.165. The molecule has 3 rings (SSSR count). The van der Waals surface area contributed by atoms with E-state index in [1.54, 1.807) is 30.3 Å². The van der Waals surface area contributed by atoms with Gasteiger partial charge in [0, 0.05) is 43.0 Å². The Kier molecular flexibility index (Phi) is 5.14. The van der Waals surface area contributed by atoms with Crippen molar-refractivity contribution >= 4 is 17.5 Å². The van der Waals surface area contributed by atoms with E-state index in [1.165, 1.54) is 0 Å². The molecule has 2 amide bonds. The number of anilines is 1. The highest BCUT2D eigenvalue weighted by atomic mass is 16.2. The number of carbonyl (C=O) groups is 2. The van der Waals surface area contributed by atoms with Crippen LogP contribution in [0.4, 0.5) is 5.69 Å². The zero-order valence-corrected chi connectivity index (χ0v) is 14.7. The van der Waals surface area contributed by atoms with Gasteiger partial charge in [-0.1, -0.05) is 24.3 Å². The van der Waals surface area contributed by atoms with Gasteiger partial charge in [0.05, 0.1) is 0 Å². The van der Waals surface area contributed by atoms with Crippen LogP contribution in [0.3, 0.4) is 0 Å². The minimum absolute atomic E-state index is 0.0140. The second kappa shape index (κ2) is 7.49. The summed E-state index contributed by atoms with van der Waals surface area (Å²) >= 11 is 0. The maximum absolute atomic E-state index is 12.7. The molecular formula is C20H23N3O2. The molecule has 1 saturated heterocycles. The van der Waals surface area contributed by atoms with Crippen LogP contribution in [0.5, 0.6) is 0 Å². The Morgan fingerprint density at radius 2 is 1.68 bits per heavy atom. The SMILES string of the molecule is Cc1ccccc1C(=O)Nc1cccc(C(=O)N2CCN(C)CC2)c1. The van der Waals surface area contributed by atoms with Crippen LogP contribution in [0.15, 0.2) is 48.5 Å². The first-order chi connectivity index (χ1) is 12.0. The van der Waals surface area contributed by atoms with Crippen LogP contribution in [-0.4, -0.2) is 54.8 Å². The molecule has 0 radical (unpaired) electrons. The van der Waals surface area contributed by atoms with E-state index in [0.717, 1.165) is 31.7 Å². The topological polar surface area (TPSA) is 52.7 Å². The molecule has 1 aliphatic heterocycles. The second-order valence-corrected chi connectivity index (χ2v) is 6.45. The zero-order chi connectivity index (χ0) is 17.8. The third-order valence-corrected chi connectivity index (χ3v) is 4.55. The van der Waals surface area contributed by atoms with E-state index in [-0.39, 0.29) is 11.8 Å². The predicted octanol–water partition coefficient (Wildman–Crippen LogP) is 2.63. The molecule has 2 aromatic rings. The van der Waals surface area contributed by atoms with Gasteiger partial charge in [-0.3, -0.25) is 9.59 Å². The molecule has 1 heterocycles. The van der Waals surface area contributed by atoms with Gasteiger partial charge in [-0.05, 0) is 43.8 Å². The van der Waals surface area contributed by atoms with Gasteiger partial charge in [0.15, 0.2) is 0 Å². The summed E-state index contributed by atoms with van der Waals surface area (Å²) in [5, 5.41) is 2.89. The third kappa shape index (κ3) is 4.06. The molecule has 2 aromatic carbocycles. The Hall–Kier alpha value is -2.66. The van der Waals surface area contributed by atoms with Crippen LogP contribution >= 0.6 is 0 Å². The normalized spacial score (nSPS) is 15.0. The van der Waals surface area contributed by atoms with Gasteiger partial charge >= 0.3 is 0 Å². The summed E-state index contributed by atoms with van der Waals surface area (Å²) in [6.45, 7) is 5.14. The van der Waals surface area contributed by atoms with Crippen molar-refractivity contribution in [3.8, 4) is 0 Å². The van der Waals surface area contributed by atoms with Gasteiger partial charge in [0.1, 0.15) is 0 Å². The molecule has 0 unspecified atom stereocenters. The lowest BCUT2D eigenvalue weighted by Gasteiger charge is -2.32.